The molecule has 1 fully saturated rings. The first kappa shape index (κ1) is 17.9. The molecule has 0 bridgehead atoms. The molecule has 1 saturated heterocycles. The van der Waals surface area contributed by atoms with Gasteiger partial charge in [0, 0.05) is 30.5 Å². The minimum Gasteiger partial charge on any atom is -0.486 e. The number of hydrogen-bond donors (Lipinski definition) is 1. The van der Waals surface area contributed by atoms with E-state index in [0.717, 1.165) is 18.8 Å². The minimum atomic E-state index is -3.71. The maximum atomic E-state index is 12.7. The van der Waals surface area contributed by atoms with Crippen LogP contribution >= 0.6 is 0 Å². The van der Waals surface area contributed by atoms with Crippen LogP contribution in [-0.4, -0.2) is 47.4 Å². The summed E-state index contributed by atoms with van der Waals surface area (Å²) in [6.07, 6.45) is 0.187. The smallest absolute Gasteiger partial charge is 0.262 e. The second kappa shape index (κ2) is 7.28. The molecule has 2 aromatic rings. The van der Waals surface area contributed by atoms with Gasteiger partial charge in [-0.3, -0.25) is 4.72 Å². The molecule has 8 heteroatoms. The summed E-state index contributed by atoms with van der Waals surface area (Å²) >= 11 is 0. The summed E-state index contributed by atoms with van der Waals surface area (Å²) in [5.74, 6) is 1.00. The normalized spacial score (nSPS) is 19.6. The van der Waals surface area contributed by atoms with Gasteiger partial charge < -0.3 is 19.1 Å². The lowest BCUT2D eigenvalue weighted by molar-refractivity contribution is 0.0532. The van der Waals surface area contributed by atoms with E-state index in [0.29, 0.717) is 37.0 Å². The van der Waals surface area contributed by atoms with E-state index < -0.39 is 10.0 Å². The summed E-state index contributed by atoms with van der Waals surface area (Å²) in [7, 11) is -3.71. The zero-order chi connectivity index (χ0) is 18.9. The van der Waals surface area contributed by atoms with Gasteiger partial charge >= 0.3 is 0 Å². The predicted octanol–water partition coefficient (Wildman–Crippen LogP) is 2.48. The van der Waals surface area contributed by atoms with E-state index in [9.17, 15) is 8.42 Å². The van der Waals surface area contributed by atoms with Crippen molar-refractivity contribution in [2.24, 2.45) is 0 Å². The molecule has 2 aromatic carbocycles. The van der Waals surface area contributed by atoms with Crippen LogP contribution in [0.3, 0.4) is 0 Å². The van der Waals surface area contributed by atoms with Gasteiger partial charge in [-0.1, -0.05) is 0 Å². The Morgan fingerprint density at radius 2 is 1.74 bits per heavy atom. The SMILES string of the molecule is CC1CN(c2ccc(NS(=O)(=O)c3ccc4c(c3)OCCO4)cc2)CCO1. The molecule has 1 unspecified atom stereocenters. The van der Waals surface area contributed by atoms with E-state index in [4.69, 9.17) is 14.2 Å². The van der Waals surface area contributed by atoms with Crippen LogP contribution in [0, 0.1) is 0 Å². The van der Waals surface area contributed by atoms with Crippen LogP contribution in [0.4, 0.5) is 11.4 Å². The molecule has 1 N–H and O–H groups in total. The average Bonchev–Trinajstić information content (AvgIpc) is 2.68. The van der Waals surface area contributed by atoms with Gasteiger partial charge in [0.2, 0.25) is 0 Å². The maximum absolute atomic E-state index is 12.7. The number of nitrogens with one attached hydrogen (secondary N) is 1. The Labute approximate surface area is 158 Å². The van der Waals surface area contributed by atoms with E-state index in [-0.39, 0.29) is 11.0 Å². The third-order valence-electron chi connectivity index (χ3n) is 4.55. The van der Waals surface area contributed by atoms with Crippen molar-refractivity contribution >= 4 is 21.4 Å². The number of anilines is 2. The highest BCUT2D eigenvalue weighted by molar-refractivity contribution is 7.92. The van der Waals surface area contributed by atoms with Crippen LogP contribution in [-0.2, 0) is 14.8 Å². The molecule has 144 valence electrons. The molecule has 27 heavy (non-hydrogen) atoms. The standard InChI is InChI=1S/C19H22N2O5S/c1-14-13-21(8-9-24-14)16-4-2-15(3-5-16)20-27(22,23)17-6-7-18-19(12-17)26-11-10-25-18/h2-7,12,14,20H,8-11,13H2,1H3. The summed E-state index contributed by atoms with van der Waals surface area (Å²) < 4.78 is 44.4. The Balaban J connectivity index is 1.49. The highest BCUT2D eigenvalue weighted by Crippen LogP contribution is 2.33. The molecule has 2 aliphatic rings. The van der Waals surface area contributed by atoms with Crippen LogP contribution in [0.1, 0.15) is 6.92 Å². The Kier molecular flexibility index (Phi) is 4.84. The molecular formula is C19H22N2O5S. The van der Waals surface area contributed by atoms with Crippen molar-refractivity contribution in [1.29, 1.82) is 0 Å². The van der Waals surface area contributed by atoms with Gasteiger partial charge in [-0.05, 0) is 43.3 Å². The molecule has 0 spiro atoms. The zero-order valence-corrected chi connectivity index (χ0v) is 15.9. The van der Waals surface area contributed by atoms with Crippen LogP contribution in [0.2, 0.25) is 0 Å². The highest BCUT2D eigenvalue weighted by Gasteiger charge is 2.20. The van der Waals surface area contributed by atoms with Crippen molar-refractivity contribution in [3.05, 3.63) is 42.5 Å². The van der Waals surface area contributed by atoms with Crippen molar-refractivity contribution in [1.82, 2.24) is 0 Å². The first-order valence-corrected chi connectivity index (χ1v) is 10.4. The first-order chi connectivity index (χ1) is 13.0. The van der Waals surface area contributed by atoms with Crippen molar-refractivity contribution in [2.75, 3.05) is 42.5 Å². The van der Waals surface area contributed by atoms with Crippen LogP contribution in [0.15, 0.2) is 47.4 Å². The number of nitrogens with zero attached hydrogens (tertiary/aromatic N) is 1. The van der Waals surface area contributed by atoms with Gasteiger partial charge in [-0.15, -0.1) is 0 Å². The van der Waals surface area contributed by atoms with Gasteiger partial charge in [-0.25, -0.2) is 8.42 Å². The van der Waals surface area contributed by atoms with Crippen LogP contribution in [0.25, 0.3) is 0 Å². The number of morpholine rings is 1. The van der Waals surface area contributed by atoms with Gasteiger partial charge in [0.1, 0.15) is 13.2 Å². The van der Waals surface area contributed by atoms with E-state index in [1.165, 1.54) is 12.1 Å². The second-order valence-corrected chi connectivity index (χ2v) is 8.27. The fraction of sp³-hybridized carbons (Fsp3) is 0.368. The third-order valence-corrected chi connectivity index (χ3v) is 5.93. The number of sulfonamides is 1. The summed E-state index contributed by atoms with van der Waals surface area (Å²) in [5.41, 5.74) is 1.56. The Morgan fingerprint density at radius 3 is 2.48 bits per heavy atom. The predicted molar refractivity (Wildman–Crippen MR) is 102 cm³/mol. The number of hydrogen-bond acceptors (Lipinski definition) is 6. The number of rotatable bonds is 4. The first-order valence-electron chi connectivity index (χ1n) is 8.90. The second-order valence-electron chi connectivity index (χ2n) is 6.59. The number of fused-ring (bicyclic) bond motifs is 1. The van der Waals surface area contributed by atoms with Gasteiger partial charge in [-0.2, -0.15) is 0 Å². The quantitative estimate of drug-likeness (QED) is 0.864. The summed E-state index contributed by atoms with van der Waals surface area (Å²) in [6, 6.07) is 12.0. The monoisotopic (exact) mass is 390 g/mol. The summed E-state index contributed by atoms with van der Waals surface area (Å²) in [4.78, 5) is 2.37. The Hall–Kier alpha value is -2.45. The van der Waals surface area contributed by atoms with Crippen molar-refractivity contribution < 1.29 is 22.6 Å². The molecular weight excluding hydrogens is 368 g/mol. The van der Waals surface area contributed by atoms with Gasteiger partial charge in [0.05, 0.1) is 17.6 Å². The molecule has 0 amide bonds. The molecule has 0 saturated carbocycles. The molecule has 4 rings (SSSR count). The summed E-state index contributed by atoms with van der Waals surface area (Å²) in [6.45, 7) is 5.26. The number of benzene rings is 2. The van der Waals surface area contributed by atoms with Crippen molar-refractivity contribution in [3.8, 4) is 11.5 Å². The average molecular weight is 390 g/mol. The minimum absolute atomic E-state index is 0.137. The molecule has 2 aliphatic heterocycles. The molecule has 0 aromatic heterocycles. The lowest BCUT2D eigenvalue weighted by Gasteiger charge is -2.33. The molecule has 0 radical (unpaired) electrons. The van der Waals surface area contributed by atoms with E-state index in [1.807, 2.05) is 19.1 Å². The van der Waals surface area contributed by atoms with E-state index in [2.05, 4.69) is 9.62 Å². The van der Waals surface area contributed by atoms with Gasteiger partial charge in [0.15, 0.2) is 11.5 Å². The van der Waals surface area contributed by atoms with Crippen LogP contribution < -0.4 is 19.1 Å². The maximum Gasteiger partial charge on any atom is 0.262 e. The Morgan fingerprint density at radius 1 is 1.00 bits per heavy atom. The molecule has 7 nitrogen and oxygen atoms in total. The zero-order valence-electron chi connectivity index (χ0n) is 15.1. The molecule has 1 atom stereocenters. The molecule has 0 aliphatic carbocycles. The largest absolute Gasteiger partial charge is 0.486 e. The topological polar surface area (TPSA) is 77.1 Å². The molecule has 2 heterocycles. The summed E-state index contributed by atoms with van der Waals surface area (Å²) in [5, 5.41) is 0. The fourth-order valence-corrected chi connectivity index (χ4v) is 4.27. The van der Waals surface area contributed by atoms with E-state index in [1.54, 1.807) is 18.2 Å². The van der Waals surface area contributed by atoms with Crippen LogP contribution in [0.5, 0.6) is 11.5 Å². The lowest BCUT2D eigenvalue weighted by atomic mass is 10.2. The fourth-order valence-electron chi connectivity index (χ4n) is 3.20. The van der Waals surface area contributed by atoms with Gasteiger partial charge in [0.25, 0.3) is 10.0 Å². The highest BCUT2D eigenvalue weighted by atomic mass is 32.2. The van der Waals surface area contributed by atoms with Crippen molar-refractivity contribution in [2.45, 2.75) is 17.9 Å². The lowest BCUT2D eigenvalue weighted by Crippen LogP contribution is -2.41. The third kappa shape index (κ3) is 3.96. The van der Waals surface area contributed by atoms with Crippen molar-refractivity contribution in [3.63, 3.8) is 0 Å². The van der Waals surface area contributed by atoms with E-state index >= 15 is 0 Å². The Bertz CT molecular complexity index is 914. The number of ether oxygens (including phenoxy) is 3.